The standard InChI is InChI=1S/C24H22N4O2S/c29-24(20-14-16-7-2-4-10-19(16)31-20)28-13-5-9-18(28)22-26-27-23(30-22)21-17-8-3-1-6-15(17)11-12-25-21/h1,3,6,8,11-12,14,18H,2,4-5,7,9-10,13H2/t18-/m1/s1. The molecule has 1 aliphatic carbocycles. The van der Waals surface area contributed by atoms with Gasteiger partial charge in [0.15, 0.2) is 0 Å². The van der Waals surface area contributed by atoms with Crippen molar-refractivity contribution >= 4 is 28.0 Å². The number of benzene rings is 1. The molecule has 3 aromatic heterocycles. The molecular weight excluding hydrogens is 408 g/mol. The Hall–Kier alpha value is -3.06. The van der Waals surface area contributed by atoms with E-state index in [-0.39, 0.29) is 11.9 Å². The fourth-order valence-corrected chi connectivity index (χ4v) is 5.97. The lowest BCUT2D eigenvalue weighted by molar-refractivity contribution is 0.0721. The number of hydrogen-bond donors (Lipinski definition) is 0. The number of amides is 1. The summed E-state index contributed by atoms with van der Waals surface area (Å²) in [5.41, 5.74) is 2.04. The van der Waals surface area contributed by atoms with Crippen molar-refractivity contribution in [1.82, 2.24) is 20.1 Å². The lowest BCUT2D eigenvalue weighted by Crippen LogP contribution is -2.30. The molecule has 0 unspecified atom stereocenters. The Labute approximate surface area is 183 Å². The molecule has 7 heteroatoms. The number of aryl methyl sites for hydroxylation is 2. The lowest BCUT2D eigenvalue weighted by Gasteiger charge is -2.21. The van der Waals surface area contributed by atoms with E-state index in [4.69, 9.17) is 4.42 Å². The van der Waals surface area contributed by atoms with Crippen LogP contribution in [0.15, 0.2) is 47.0 Å². The van der Waals surface area contributed by atoms with Crippen molar-refractivity contribution in [2.24, 2.45) is 0 Å². The summed E-state index contributed by atoms with van der Waals surface area (Å²) in [4.78, 5) is 21.9. The van der Waals surface area contributed by atoms with Crippen molar-refractivity contribution < 1.29 is 9.21 Å². The quantitative estimate of drug-likeness (QED) is 0.447. The van der Waals surface area contributed by atoms with Gasteiger partial charge < -0.3 is 9.32 Å². The van der Waals surface area contributed by atoms with Crippen LogP contribution in [0, 0.1) is 0 Å². The average Bonchev–Trinajstić information content (AvgIpc) is 3.57. The monoisotopic (exact) mass is 430 g/mol. The molecule has 4 heterocycles. The van der Waals surface area contributed by atoms with Crippen molar-refractivity contribution in [3.8, 4) is 11.6 Å². The first kappa shape index (κ1) is 18.7. The first-order valence-corrected chi connectivity index (χ1v) is 11.7. The third kappa shape index (κ3) is 3.24. The van der Waals surface area contributed by atoms with E-state index < -0.39 is 0 Å². The van der Waals surface area contributed by atoms with Crippen LogP contribution in [0.3, 0.4) is 0 Å². The third-order valence-corrected chi connectivity index (χ3v) is 7.55. The molecule has 1 aromatic carbocycles. The molecule has 0 spiro atoms. The Kier molecular flexibility index (Phi) is 4.56. The predicted molar refractivity (Wildman–Crippen MR) is 119 cm³/mol. The number of rotatable bonds is 3. The number of nitrogens with zero attached hydrogens (tertiary/aromatic N) is 4. The van der Waals surface area contributed by atoms with Crippen LogP contribution >= 0.6 is 11.3 Å². The Morgan fingerprint density at radius 2 is 2.00 bits per heavy atom. The molecular formula is C24H22N4O2S. The molecule has 1 saturated heterocycles. The zero-order valence-electron chi connectivity index (χ0n) is 17.1. The first-order valence-electron chi connectivity index (χ1n) is 10.9. The third-order valence-electron chi connectivity index (χ3n) is 6.32. The molecule has 6 nitrogen and oxygen atoms in total. The summed E-state index contributed by atoms with van der Waals surface area (Å²) >= 11 is 1.66. The molecule has 156 valence electrons. The van der Waals surface area contributed by atoms with Crippen molar-refractivity contribution in [1.29, 1.82) is 0 Å². The highest BCUT2D eigenvalue weighted by Crippen LogP contribution is 2.37. The highest BCUT2D eigenvalue weighted by Gasteiger charge is 2.35. The van der Waals surface area contributed by atoms with E-state index in [0.717, 1.165) is 47.9 Å². The number of likely N-dealkylation sites (tertiary alicyclic amines) is 1. The Morgan fingerprint density at radius 1 is 1.10 bits per heavy atom. The number of hydrogen-bond acceptors (Lipinski definition) is 6. The van der Waals surface area contributed by atoms with E-state index in [1.54, 1.807) is 17.5 Å². The van der Waals surface area contributed by atoms with Crippen LogP contribution in [0.2, 0.25) is 0 Å². The second kappa shape index (κ2) is 7.57. The zero-order chi connectivity index (χ0) is 20.8. The van der Waals surface area contributed by atoms with Crippen molar-refractivity contribution in [2.45, 2.75) is 44.6 Å². The second-order valence-corrected chi connectivity index (χ2v) is 9.39. The maximum absolute atomic E-state index is 13.3. The summed E-state index contributed by atoms with van der Waals surface area (Å²) in [6.07, 6.45) is 8.16. The molecule has 1 amide bonds. The van der Waals surface area contributed by atoms with E-state index >= 15 is 0 Å². The Morgan fingerprint density at radius 3 is 2.94 bits per heavy atom. The molecule has 0 bridgehead atoms. The molecule has 31 heavy (non-hydrogen) atoms. The van der Waals surface area contributed by atoms with Gasteiger partial charge in [0.1, 0.15) is 11.7 Å². The minimum Gasteiger partial charge on any atom is -0.417 e. The van der Waals surface area contributed by atoms with Crippen LogP contribution in [0.5, 0.6) is 0 Å². The smallest absolute Gasteiger partial charge is 0.267 e. The van der Waals surface area contributed by atoms with Crippen LogP contribution in [0.1, 0.15) is 57.7 Å². The van der Waals surface area contributed by atoms with Gasteiger partial charge in [0, 0.05) is 23.0 Å². The first-order chi connectivity index (χ1) is 15.3. The van der Waals surface area contributed by atoms with Crippen molar-refractivity contribution in [2.75, 3.05) is 6.54 Å². The van der Waals surface area contributed by atoms with E-state index in [1.807, 2.05) is 35.2 Å². The Balaban J connectivity index is 1.30. The zero-order valence-corrected chi connectivity index (χ0v) is 17.9. The van der Waals surface area contributed by atoms with Crippen LogP contribution in [-0.2, 0) is 12.8 Å². The van der Waals surface area contributed by atoms with Gasteiger partial charge >= 0.3 is 0 Å². The molecule has 1 atom stereocenters. The van der Waals surface area contributed by atoms with Crippen molar-refractivity contribution in [3.05, 3.63) is 63.8 Å². The molecule has 0 saturated carbocycles. The summed E-state index contributed by atoms with van der Waals surface area (Å²) in [5, 5.41) is 10.7. The highest BCUT2D eigenvalue weighted by molar-refractivity contribution is 7.14. The fraction of sp³-hybridized carbons (Fsp3) is 0.333. The van der Waals surface area contributed by atoms with E-state index in [2.05, 4.69) is 21.2 Å². The van der Waals surface area contributed by atoms with E-state index in [1.165, 1.54) is 23.3 Å². The van der Waals surface area contributed by atoms with Gasteiger partial charge in [-0.05, 0) is 61.6 Å². The van der Waals surface area contributed by atoms with Gasteiger partial charge in [0.05, 0.1) is 4.88 Å². The summed E-state index contributed by atoms with van der Waals surface area (Å²) in [5.74, 6) is 0.986. The highest BCUT2D eigenvalue weighted by atomic mass is 32.1. The predicted octanol–water partition coefficient (Wildman–Crippen LogP) is 5.20. The number of aromatic nitrogens is 3. The maximum atomic E-state index is 13.3. The second-order valence-electron chi connectivity index (χ2n) is 8.25. The number of carbonyl (C=O) groups is 1. The van der Waals surface area contributed by atoms with Gasteiger partial charge in [-0.25, -0.2) is 0 Å². The topological polar surface area (TPSA) is 72.1 Å². The minimum absolute atomic E-state index is 0.0879. The largest absolute Gasteiger partial charge is 0.417 e. The van der Waals surface area contributed by atoms with Gasteiger partial charge in [0.25, 0.3) is 11.8 Å². The average molecular weight is 431 g/mol. The van der Waals surface area contributed by atoms with E-state index in [0.29, 0.717) is 17.5 Å². The van der Waals surface area contributed by atoms with Crippen LogP contribution in [0.4, 0.5) is 0 Å². The number of fused-ring (bicyclic) bond motifs is 2. The van der Waals surface area contributed by atoms with Crippen LogP contribution < -0.4 is 0 Å². The number of pyridine rings is 1. The van der Waals surface area contributed by atoms with Crippen molar-refractivity contribution in [3.63, 3.8) is 0 Å². The molecule has 2 aliphatic rings. The SMILES string of the molecule is O=C(c1cc2c(s1)CCCC2)N1CCC[C@@H]1c1nnc(-c2nccc3ccccc23)o1. The molecule has 4 aromatic rings. The van der Waals surface area contributed by atoms with Gasteiger partial charge in [-0.15, -0.1) is 21.5 Å². The summed E-state index contributed by atoms with van der Waals surface area (Å²) < 4.78 is 6.08. The summed E-state index contributed by atoms with van der Waals surface area (Å²) in [6.45, 7) is 0.719. The van der Waals surface area contributed by atoms with Gasteiger partial charge in [0.2, 0.25) is 5.89 Å². The summed E-state index contributed by atoms with van der Waals surface area (Å²) in [6, 6.07) is 11.9. The lowest BCUT2D eigenvalue weighted by atomic mass is 9.99. The van der Waals surface area contributed by atoms with Gasteiger partial charge in [-0.2, -0.15) is 0 Å². The molecule has 1 aliphatic heterocycles. The Bertz CT molecular complexity index is 1250. The van der Waals surface area contributed by atoms with Crippen LogP contribution in [-0.4, -0.2) is 32.5 Å². The van der Waals surface area contributed by atoms with E-state index in [9.17, 15) is 4.79 Å². The normalized spacial score (nSPS) is 18.5. The minimum atomic E-state index is -0.178. The van der Waals surface area contributed by atoms with Gasteiger partial charge in [-0.3, -0.25) is 9.78 Å². The molecule has 0 N–H and O–H groups in total. The molecule has 6 rings (SSSR count). The summed E-state index contributed by atoms with van der Waals surface area (Å²) in [7, 11) is 0. The van der Waals surface area contributed by atoms with Crippen LogP contribution in [0.25, 0.3) is 22.4 Å². The number of thiophene rings is 1. The fourth-order valence-electron chi connectivity index (χ4n) is 4.76. The molecule has 1 fully saturated rings. The molecule has 0 radical (unpaired) electrons. The van der Waals surface area contributed by atoms with Gasteiger partial charge in [-0.1, -0.05) is 24.3 Å². The maximum Gasteiger partial charge on any atom is 0.267 e. The number of carbonyl (C=O) groups excluding carboxylic acids is 1.